The second-order valence-electron chi connectivity index (χ2n) is 4.18. The molecule has 1 heterocycles. The van der Waals surface area contributed by atoms with Crippen LogP contribution < -0.4 is 0 Å². The molecule has 0 spiro atoms. The van der Waals surface area contributed by atoms with Gasteiger partial charge in [-0.1, -0.05) is 12.1 Å². The number of rotatable bonds is 6. The summed E-state index contributed by atoms with van der Waals surface area (Å²) in [5.74, 6) is -0.290. The minimum absolute atomic E-state index is 0.157. The predicted molar refractivity (Wildman–Crippen MR) is 68.6 cm³/mol. The fourth-order valence-electron chi connectivity index (χ4n) is 1.82. The highest BCUT2D eigenvalue weighted by atomic mass is 19.3. The molecule has 21 heavy (non-hydrogen) atoms. The molecule has 1 aromatic heterocycles. The first-order chi connectivity index (χ1) is 10.1. The highest BCUT2D eigenvalue weighted by molar-refractivity contribution is 5.95. The van der Waals surface area contributed by atoms with Crippen molar-refractivity contribution in [3.05, 3.63) is 29.8 Å². The van der Waals surface area contributed by atoms with Crippen molar-refractivity contribution in [2.45, 2.75) is 6.43 Å². The van der Waals surface area contributed by atoms with Crippen LogP contribution >= 0.6 is 0 Å². The number of benzene rings is 1. The van der Waals surface area contributed by atoms with Crippen molar-refractivity contribution in [1.29, 1.82) is 0 Å². The van der Waals surface area contributed by atoms with Crippen LogP contribution in [0.4, 0.5) is 8.78 Å². The summed E-state index contributed by atoms with van der Waals surface area (Å²) >= 11 is 0. The molecule has 2 N–H and O–H groups in total. The van der Waals surface area contributed by atoms with Crippen molar-refractivity contribution in [2.75, 3.05) is 19.7 Å². The smallest absolute Gasteiger partial charge is 0.255 e. The molecule has 0 aliphatic heterocycles. The van der Waals surface area contributed by atoms with Crippen molar-refractivity contribution >= 4 is 5.91 Å². The molecule has 0 fully saturated rings. The van der Waals surface area contributed by atoms with Gasteiger partial charge in [-0.05, 0) is 17.3 Å². The Morgan fingerprint density at radius 2 is 2.24 bits per heavy atom. The zero-order valence-electron chi connectivity index (χ0n) is 10.9. The number of halogens is 2. The summed E-state index contributed by atoms with van der Waals surface area (Å²) in [6.07, 6.45) is -2.67. The van der Waals surface area contributed by atoms with E-state index in [0.29, 0.717) is 11.4 Å². The summed E-state index contributed by atoms with van der Waals surface area (Å²) in [7, 11) is 0. The first-order valence-corrected chi connectivity index (χ1v) is 6.14. The summed E-state index contributed by atoms with van der Waals surface area (Å²) in [5.41, 5.74) is 0.752. The van der Waals surface area contributed by atoms with Gasteiger partial charge in [-0.2, -0.15) is 5.21 Å². The van der Waals surface area contributed by atoms with E-state index in [4.69, 9.17) is 5.11 Å². The number of tetrazole rings is 1. The topological polar surface area (TPSA) is 95.0 Å². The Hall–Kier alpha value is -2.42. The molecule has 0 saturated carbocycles. The molecule has 0 bridgehead atoms. The number of nitrogens with one attached hydrogen (secondary N) is 1. The molecule has 9 heteroatoms. The molecule has 2 rings (SSSR count). The van der Waals surface area contributed by atoms with Gasteiger partial charge in [0.15, 0.2) is 0 Å². The first kappa shape index (κ1) is 15.0. The lowest BCUT2D eigenvalue weighted by Gasteiger charge is -2.21. The number of hydrogen-bond donors (Lipinski definition) is 2. The Bertz CT molecular complexity index is 591. The number of aromatic nitrogens is 4. The third kappa shape index (κ3) is 3.78. The fraction of sp³-hybridized carbons (Fsp3) is 0.333. The summed E-state index contributed by atoms with van der Waals surface area (Å²) < 4.78 is 25.0. The Labute approximate surface area is 118 Å². The molecule has 112 valence electrons. The third-order valence-corrected chi connectivity index (χ3v) is 2.73. The minimum atomic E-state index is -2.67. The van der Waals surface area contributed by atoms with Crippen LogP contribution in [0, 0.1) is 0 Å². The van der Waals surface area contributed by atoms with E-state index in [9.17, 15) is 13.6 Å². The monoisotopic (exact) mass is 297 g/mol. The average molecular weight is 297 g/mol. The van der Waals surface area contributed by atoms with Crippen molar-refractivity contribution in [2.24, 2.45) is 0 Å². The number of carbonyl (C=O) groups excluding carboxylic acids is 1. The molecule has 0 saturated heterocycles. The number of aliphatic hydroxyl groups excluding tert-OH is 1. The van der Waals surface area contributed by atoms with E-state index in [1.807, 2.05) is 0 Å². The molecule has 0 aliphatic carbocycles. The van der Waals surface area contributed by atoms with E-state index < -0.39 is 18.9 Å². The normalized spacial score (nSPS) is 10.9. The first-order valence-electron chi connectivity index (χ1n) is 6.14. The highest BCUT2D eigenvalue weighted by Crippen LogP contribution is 2.16. The van der Waals surface area contributed by atoms with Crippen LogP contribution in [0.15, 0.2) is 24.3 Å². The van der Waals surface area contributed by atoms with Crippen molar-refractivity contribution in [1.82, 2.24) is 25.5 Å². The zero-order chi connectivity index (χ0) is 15.2. The summed E-state index contributed by atoms with van der Waals surface area (Å²) in [4.78, 5) is 13.1. The Kier molecular flexibility index (Phi) is 4.88. The molecule has 0 aliphatic rings. The van der Waals surface area contributed by atoms with Gasteiger partial charge in [-0.3, -0.25) is 4.79 Å². The number of aromatic amines is 1. The van der Waals surface area contributed by atoms with Gasteiger partial charge < -0.3 is 10.0 Å². The lowest BCUT2D eigenvalue weighted by Crippen LogP contribution is -2.37. The second-order valence-corrected chi connectivity index (χ2v) is 4.18. The minimum Gasteiger partial charge on any atom is -0.395 e. The molecular formula is C12H13F2N5O2. The van der Waals surface area contributed by atoms with Crippen LogP contribution in [-0.2, 0) is 0 Å². The quantitative estimate of drug-likeness (QED) is 0.812. The molecule has 2 aromatic rings. The lowest BCUT2D eigenvalue weighted by molar-refractivity contribution is 0.0509. The van der Waals surface area contributed by atoms with Gasteiger partial charge in [0, 0.05) is 17.7 Å². The van der Waals surface area contributed by atoms with Gasteiger partial charge >= 0.3 is 0 Å². The van der Waals surface area contributed by atoms with E-state index in [0.717, 1.165) is 4.90 Å². The average Bonchev–Trinajstić information content (AvgIpc) is 3.00. The summed E-state index contributed by atoms with van der Waals surface area (Å²) in [6, 6.07) is 6.26. The van der Waals surface area contributed by atoms with E-state index in [-0.39, 0.29) is 18.7 Å². The van der Waals surface area contributed by atoms with Crippen LogP contribution in [0.5, 0.6) is 0 Å². The Morgan fingerprint density at radius 3 is 2.86 bits per heavy atom. The molecule has 1 aromatic carbocycles. The molecule has 0 radical (unpaired) electrons. The van der Waals surface area contributed by atoms with E-state index >= 15 is 0 Å². The number of amides is 1. The molecule has 0 unspecified atom stereocenters. The predicted octanol–water partition coefficient (Wildman–Crippen LogP) is 0.566. The maximum atomic E-state index is 12.5. The maximum Gasteiger partial charge on any atom is 0.255 e. The summed E-state index contributed by atoms with van der Waals surface area (Å²) in [6.45, 7) is -1.27. The number of alkyl halides is 2. The van der Waals surface area contributed by atoms with Crippen LogP contribution in [-0.4, -0.2) is 62.7 Å². The largest absolute Gasteiger partial charge is 0.395 e. The van der Waals surface area contributed by atoms with Gasteiger partial charge in [0.05, 0.1) is 13.2 Å². The second kappa shape index (κ2) is 6.84. The number of carbonyl (C=O) groups is 1. The lowest BCUT2D eigenvalue weighted by atomic mass is 10.1. The van der Waals surface area contributed by atoms with Crippen LogP contribution in [0.25, 0.3) is 11.4 Å². The van der Waals surface area contributed by atoms with Gasteiger partial charge in [-0.25, -0.2) is 8.78 Å². The van der Waals surface area contributed by atoms with Gasteiger partial charge in [0.1, 0.15) is 0 Å². The number of hydrogen-bond acceptors (Lipinski definition) is 5. The molecule has 7 nitrogen and oxygen atoms in total. The Morgan fingerprint density at radius 1 is 1.43 bits per heavy atom. The van der Waals surface area contributed by atoms with Crippen molar-refractivity contribution < 1.29 is 18.7 Å². The number of aliphatic hydroxyl groups is 1. The number of H-pyrrole nitrogens is 1. The van der Waals surface area contributed by atoms with Crippen molar-refractivity contribution in [3.63, 3.8) is 0 Å². The maximum absolute atomic E-state index is 12.5. The van der Waals surface area contributed by atoms with E-state index in [1.165, 1.54) is 12.1 Å². The molecule has 1 amide bonds. The number of nitrogens with zero attached hydrogens (tertiary/aromatic N) is 4. The SMILES string of the molecule is O=C(c1cccc(-c2nn[nH]n2)c1)N(CCO)CC(F)F. The molecule has 0 atom stereocenters. The fourth-order valence-corrected chi connectivity index (χ4v) is 1.82. The van der Waals surface area contributed by atoms with Crippen LogP contribution in [0.3, 0.4) is 0 Å². The van der Waals surface area contributed by atoms with Gasteiger partial charge in [-0.15, -0.1) is 10.2 Å². The van der Waals surface area contributed by atoms with E-state index in [1.54, 1.807) is 12.1 Å². The Balaban J connectivity index is 2.23. The molecular weight excluding hydrogens is 284 g/mol. The third-order valence-electron chi connectivity index (χ3n) is 2.73. The summed E-state index contributed by atoms with van der Waals surface area (Å²) in [5, 5.41) is 22.1. The highest BCUT2D eigenvalue weighted by Gasteiger charge is 2.20. The standard InChI is InChI=1S/C12H13F2N5O2/c13-10(14)7-19(4-5-20)12(21)9-3-1-2-8(6-9)11-15-17-18-16-11/h1-3,6,10,20H,4-5,7H2,(H,15,16,17,18). The van der Waals surface area contributed by atoms with E-state index in [2.05, 4.69) is 20.6 Å². The van der Waals surface area contributed by atoms with Gasteiger partial charge in [0.25, 0.3) is 12.3 Å². The van der Waals surface area contributed by atoms with Crippen molar-refractivity contribution in [3.8, 4) is 11.4 Å². The zero-order valence-corrected chi connectivity index (χ0v) is 10.9. The van der Waals surface area contributed by atoms with Crippen LogP contribution in [0.2, 0.25) is 0 Å². The van der Waals surface area contributed by atoms with Gasteiger partial charge in [0.2, 0.25) is 5.82 Å². The van der Waals surface area contributed by atoms with Crippen LogP contribution in [0.1, 0.15) is 10.4 Å².